The number of nitrogens with one attached hydrogen (secondary N) is 1. The zero-order chi connectivity index (χ0) is 40.0. The summed E-state index contributed by atoms with van der Waals surface area (Å²) < 4.78 is 23.4. The minimum Gasteiger partial charge on any atom is -0.387 e. The highest BCUT2D eigenvalue weighted by Gasteiger charge is 2.27. The van der Waals surface area contributed by atoms with Gasteiger partial charge in [0.15, 0.2) is 0 Å². The summed E-state index contributed by atoms with van der Waals surface area (Å²) in [6.45, 7) is 4.54. The Morgan fingerprint density at radius 1 is 0.648 bits per heavy atom. The fourth-order valence-corrected chi connectivity index (χ4v) is 6.81. The molecule has 9 heteroatoms. The number of allylic oxidation sites excluding steroid dienone is 7. The summed E-state index contributed by atoms with van der Waals surface area (Å²) in [6, 6.07) is -0.867. The Hall–Kier alpha value is -1.54. The Morgan fingerprint density at radius 3 is 1.59 bits per heavy atom. The molecular weight excluding hydrogens is 695 g/mol. The van der Waals surface area contributed by atoms with Gasteiger partial charge in [0.05, 0.1) is 39.9 Å². The van der Waals surface area contributed by atoms with Crippen molar-refractivity contribution < 1.29 is 32.9 Å². The Bertz CT molecular complexity index is 1020. The lowest BCUT2D eigenvalue weighted by Gasteiger charge is -2.25. The number of carbonyl (C=O) groups excluding carboxylic acids is 1. The smallest absolute Gasteiger partial charge is 0.387 e. The molecule has 0 aromatic heterocycles. The van der Waals surface area contributed by atoms with Gasteiger partial charge in [0.25, 0.3) is 0 Å². The highest BCUT2D eigenvalue weighted by Crippen LogP contribution is 2.43. The lowest BCUT2D eigenvalue weighted by atomic mass is 10.0. The molecule has 0 aromatic rings. The largest absolute Gasteiger partial charge is 0.472 e. The lowest BCUT2D eigenvalue weighted by molar-refractivity contribution is -0.870. The van der Waals surface area contributed by atoms with E-state index in [9.17, 15) is 19.4 Å². The summed E-state index contributed by atoms with van der Waals surface area (Å²) in [7, 11) is 1.54. The van der Waals surface area contributed by atoms with E-state index < -0.39 is 20.0 Å². The Morgan fingerprint density at radius 2 is 1.09 bits per heavy atom. The van der Waals surface area contributed by atoms with Crippen molar-refractivity contribution in [2.24, 2.45) is 0 Å². The van der Waals surface area contributed by atoms with Gasteiger partial charge in [-0.25, -0.2) is 4.57 Å². The van der Waals surface area contributed by atoms with Gasteiger partial charge >= 0.3 is 7.82 Å². The zero-order valence-corrected chi connectivity index (χ0v) is 36.6. The van der Waals surface area contributed by atoms with Crippen molar-refractivity contribution in [3.8, 4) is 0 Å². The molecule has 3 N–H and O–H groups in total. The van der Waals surface area contributed by atoms with Gasteiger partial charge in [0.2, 0.25) is 5.91 Å². The Labute approximate surface area is 333 Å². The van der Waals surface area contributed by atoms with Gasteiger partial charge in [-0.2, -0.15) is 0 Å². The van der Waals surface area contributed by atoms with Crippen molar-refractivity contribution in [1.82, 2.24) is 5.32 Å². The summed E-state index contributed by atoms with van der Waals surface area (Å²) >= 11 is 0. The van der Waals surface area contributed by atoms with E-state index in [1.165, 1.54) is 116 Å². The summed E-state index contributed by atoms with van der Waals surface area (Å²) in [4.78, 5) is 23.0. The third-order valence-corrected chi connectivity index (χ3v) is 10.6. The SMILES string of the molecule is C/C=C/CC/C=C/CC/C=C/C(O)C(COP(=O)(O)OCC[N+](C)(C)C)NC(=O)CCCCCCCCCCCCC/C=C\CCCCCCCCCC. The molecule has 3 atom stereocenters. The maximum Gasteiger partial charge on any atom is 0.472 e. The Balaban J connectivity index is 4.23. The molecule has 3 unspecified atom stereocenters. The van der Waals surface area contributed by atoms with Crippen molar-refractivity contribution in [3.63, 3.8) is 0 Å². The van der Waals surface area contributed by atoms with Gasteiger partial charge in [-0.05, 0) is 64.7 Å². The predicted octanol–water partition coefficient (Wildman–Crippen LogP) is 12.1. The zero-order valence-electron chi connectivity index (χ0n) is 35.7. The minimum absolute atomic E-state index is 0.0521. The van der Waals surface area contributed by atoms with E-state index in [0.29, 0.717) is 17.4 Å². The first kappa shape index (κ1) is 52.5. The highest BCUT2D eigenvalue weighted by molar-refractivity contribution is 7.47. The normalized spacial score (nSPS) is 14.9. The van der Waals surface area contributed by atoms with Crippen molar-refractivity contribution in [2.75, 3.05) is 40.9 Å². The molecule has 0 radical (unpaired) electrons. The number of nitrogens with zero attached hydrogens (tertiary/aromatic N) is 1. The van der Waals surface area contributed by atoms with Gasteiger partial charge < -0.3 is 19.8 Å². The second-order valence-corrected chi connectivity index (χ2v) is 17.5. The number of aliphatic hydroxyl groups excluding tert-OH is 1. The minimum atomic E-state index is -4.34. The van der Waals surface area contributed by atoms with Gasteiger partial charge in [-0.1, -0.05) is 158 Å². The number of likely N-dealkylation sites (N-methyl/N-ethyl adjacent to an activating group) is 1. The number of unbranched alkanes of at least 4 members (excludes halogenated alkanes) is 21. The summed E-state index contributed by atoms with van der Waals surface area (Å²) in [5, 5.41) is 13.7. The number of hydrogen-bond donors (Lipinski definition) is 3. The summed E-state index contributed by atoms with van der Waals surface area (Å²) in [5.41, 5.74) is 0. The molecule has 0 aliphatic rings. The molecule has 0 heterocycles. The Kier molecular flexibility index (Phi) is 36.0. The van der Waals surface area contributed by atoms with Crippen LogP contribution in [0.2, 0.25) is 0 Å². The molecule has 8 nitrogen and oxygen atoms in total. The lowest BCUT2D eigenvalue weighted by Crippen LogP contribution is -2.45. The molecule has 0 bridgehead atoms. The number of carbonyl (C=O) groups is 1. The van der Waals surface area contributed by atoms with Crippen LogP contribution in [0.4, 0.5) is 0 Å². The number of phosphoric acid groups is 1. The van der Waals surface area contributed by atoms with E-state index in [2.05, 4.69) is 42.6 Å². The fraction of sp³-hybridized carbons (Fsp3) is 0.800. The number of rotatable bonds is 39. The molecule has 0 aromatic carbocycles. The maximum atomic E-state index is 12.8. The van der Waals surface area contributed by atoms with Crippen LogP contribution in [0.1, 0.15) is 181 Å². The second-order valence-electron chi connectivity index (χ2n) is 16.1. The first-order valence-corrected chi connectivity index (χ1v) is 23.5. The number of amides is 1. The molecule has 316 valence electrons. The molecule has 1 amide bonds. The molecule has 54 heavy (non-hydrogen) atoms. The van der Waals surface area contributed by atoms with Crippen molar-refractivity contribution in [3.05, 3.63) is 48.6 Å². The van der Waals surface area contributed by atoms with E-state index in [-0.39, 0.29) is 19.1 Å². The maximum absolute atomic E-state index is 12.8. The molecule has 0 saturated carbocycles. The third kappa shape index (κ3) is 38.7. The van der Waals surface area contributed by atoms with Crippen molar-refractivity contribution in [1.29, 1.82) is 0 Å². The molecule has 0 saturated heterocycles. The molecule has 0 rings (SSSR count). The van der Waals surface area contributed by atoms with Crippen LogP contribution >= 0.6 is 7.82 Å². The van der Waals surface area contributed by atoms with Crippen molar-refractivity contribution in [2.45, 2.75) is 193 Å². The van der Waals surface area contributed by atoms with Crippen LogP contribution in [0.3, 0.4) is 0 Å². The fourth-order valence-electron chi connectivity index (χ4n) is 6.07. The first-order chi connectivity index (χ1) is 26.0. The van der Waals surface area contributed by atoms with Gasteiger partial charge in [0, 0.05) is 6.42 Å². The number of hydrogen-bond acceptors (Lipinski definition) is 5. The van der Waals surface area contributed by atoms with E-state index in [0.717, 1.165) is 44.9 Å². The summed E-state index contributed by atoms with van der Waals surface area (Å²) in [6.07, 6.45) is 46.5. The van der Waals surface area contributed by atoms with E-state index in [4.69, 9.17) is 9.05 Å². The molecule has 0 fully saturated rings. The molecular formula is C45H86N2O6P+. The predicted molar refractivity (Wildman–Crippen MR) is 231 cm³/mol. The van der Waals surface area contributed by atoms with E-state index in [1.807, 2.05) is 40.2 Å². The standard InChI is InChI=1S/C45H85N2O6P/c1-6-8-10-12-14-16-17-18-19-20-21-22-23-24-25-26-27-28-29-31-33-35-37-39-45(49)46-43(42-53-54(50,51)52-41-40-47(3,4)5)44(48)38-36-34-32-30-15-13-11-9-7-2/h7,9,15,20-21,30,36,38,43-44,48H,6,8,10-14,16-19,22-29,31-35,37,39-42H2,1-5H3,(H-,46,49,50,51)/p+1/b9-7+,21-20-,30-15+,38-36+. The highest BCUT2D eigenvalue weighted by atomic mass is 31.2. The van der Waals surface area contributed by atoms with Crippen LogP contribution < -0.4 is 5.32 Å². The number of quaternary nitrogens is 1. The quantitative estimate of drug-likeness (QED) is 0.0248. The van der Waals surface area contributed by atoms with Gasteiger partial charge in [-0.3, -0.25) is 13.8 Å². The number of phosphoric ester groups is 1. The van der Waals surface area contributed by atoms with Crippen LogP contribution in [0.15, 0.2) is 48.6 Å². The average Bonchev–Trinajstić information content (AvgIpc) is 3.12. The first-order valence-electron chi connectivity index (χ1n) is 22.0. The van der Waals surface area contributed by atoms with Gasteiger partial charge in [0.1, 0.15) is 13.2 Å². The van der Waals surface area contributed by atoms with Crippen LogP contribution in [-0.2, 0) is 18.4 Å². The average molecular weight is 782 g/mol. The van der Waals surface area contributed by atoms with Crippen LogP contribution in [0.5, 0.6) is 0 Å². The summed E-state index contributed by atoms with van der Waals surface area (Å²) in [5.74, 6) is -0.196. The third-order valence-electron chi connectivity index (χ3n) is 9.59. The van der Waals surface area contributed by atoms with E-state index in [1.54, 1.807) is 6.08 Å². The molecule has 0 aliphatic carbocycles. The van der Waals surface area contributed by atoms with E-state index >= 15 is 0 Å². The van der Waals surface area contributed by atoms with Crippen LogP contribution in [-0.4, -0.2) is 73.4 Å². The second kappa shape index (κ2) is 37.1. The molecule has 0 spiro atoms. The monoisotopic (exact) mass is 782 g/mol. The van der Waals surface area contributed by atoms with Crippen molar-refractivity contribution >= 4 is 13.7 Å². The van der Waals surface area contributed by atoms with Crippen LogP contribution in [0, 0.1) is 0 Å². The number of aliphatic hydroxyl groups is 1. The van der Waals surface area contributed by atoms with Gasteiger partial charge in [-0.15, -0.1) is 0 Å². The van der Waals surface area contributed by atoms with Crippen LogP contribution in [0.25, 0.3) is 0 Å². The molecule has 0 aliphatic heterocycles. The topological polar surface area (TPSA) is 105 Å².